The van der Waals surface area contributed by atoms with E-state index >= 15 is 0 Å². The van der Waals surface area contributed by atoms with E-state index in [-0.39, 0.29) is 5.54 Å². The average molecular weight is 449 g/mol. The molecule has 0 atom stereocenters. The van der Waals surface area contributed by atoms with Gasteiger partial charge >= 0.3 is 0 Å². The fourth-order valence-corrected chi connectivity index (χ4v) is 4.27. The molecule has 0 amide bonds. The van der Waals surface area contributed by atoms with Crippen molar-refractivity contribution in [3.8, 4) is 11.5 Å². The third-order valence-corrected chi connectivity index (χ3v) is 5.83. The molecule has 3 rings (SSSR count). The first-order valence-electron chi connectivity index (χ1n) is 11.3. The largest absolute Gasteiger partial charge is 0.457 e. The smallest absolute Gasteiger partial charge is 0.161 e. The molecule has 0 heterocycles. The minimum Gasteiger partial charge on any atom is -0.457 e. The lowest BCUT2D eigenvalue weighted by atomic mass is 9.92. The molecule has 0 radical (unpaired) electrons. The third kappa shape index (κ3) is 5.86. The first kappa shape index (κ1) is 24.2. The number of aliphatic imine (C=N–C) groups is 1. The molecule has 0 aliphatic heterocycles. The van der Waals surface area contributed by atoms with Gasteiger partial charge in [-0.15, -0.1) is 0 Å². The number of hydrogen-bond acceptors (Lipinski definition) is 3. The van der Waals surface area contributed by atoms with E-state index < -0.39 is 0 Å². The molecule has 3 aromatic carbocycles. The zero-order valence-electron chi connectivity index (χ0n) is 20.6. The summed E-state index contributed by atoms with van der Waals surface area (Å²) in [7, 11) is 0. The molecule has 4 heteroatoms. The summed E-state index contributed by atoms with van der Waals surface area (Å²) in [6, 6.07) is 18.9. The maximum Gasteiger partial charge on any atom is 0.161 e. The van der Waals surface area contributed by atoms with Crippen LogP contribution in [-0.2, 0) is 0 Å². The number of thioether (sulfide) groups is 1. The molecule has 0 fully saturated rings. The molecule has 0 spiro atoms. The topological polar surface area (TPSA) is 33.6 Å². The molecule has 0 saturated heterocycles. The van der Waals surface area contributed by atoms with Crippen LogP contribution in [0.15, 0.2) is 59.6 Å². The van der Waals surface area contributed by atoms with Crippen LogP contribution in [0.1, 0.15) is 71.4 Å². The van der Waals surface area contributed by atoms with Gasteiger partial charge in [-0.3, -0.25) is 0 Å². The zero-order valence-corrected chi connectivity index (χ0v) is 21.4. The highest BCUT2D eigenvalue weighted by atomic mass is 32.2. The van der Waals surface area contributed by atoms with Crippen LogP contribution in [0.2, 0.25) is 0 Å². The van der Waals surface area contributed by atoms with Crippen molar-refractivity contribution in [2.24, 2.45) is 4.99 Å². The average Bonchev–Trinajstić information content (AvgIpc) is 2.72. The number of fused-ring (bicyclic) bond motifs is 1. The molecule has 0 unspecified atom stereocenters. The minimum atomic E-state index is -0.0464. The first-order valence-corrected chi connectivity index (χ1v) is 12.6. The van der Waals surface area contributed by atoms with Gasteiger partial charge in [0, 0.05) is 10.9 Å². The molecule has 170 valence electrons. The van der Waals surface area contributed by atoms with Gasteiger partial charge < -0.3 is 10.1 Å². The van der Waals surface area contributed by atoms with Crippen LogP contribution >= 0.6 is 11.8 Å². The summed E-state index contributed by atoms with van der Waals surface area (Å²) in [5, 5.41) is 6.77. The van der Waals surface area contributed by atoms with Gasteiger partial charge in [0.05, 0.1) is 5.69 Å². The van der Waals surface area contributed by atoms with Crippen LogP contribution in [0.5, 0.6) is 11.5 Å². The van der Waals surface area contributed by atoms with Crippen LogP contribution in [0.3, 0.4) is 0 Å². The molecule has 0 saturated carbocycles. The molecular weight excluding hydrogens is 412 g/mol. The van der Waals surface area contributed by atoms with Crippen molar-refractivity contribution in [2.45, 2.75) is 65.8 Å². The highest BCUT2D eigenvalue weighted by molar-refractivity contribution is 8.13. The Morgan fingerprint density at radius 1 is 0.906 bits per heavy atom. The van der Waals surface area contributed by atoms with Crippen LogP contribution < -0.4 is 10.1 Å². The number of ether oxygens (including phenoxy) is 1. The van der Waals surface area contributed by atoms with E-state index in [0.717, 1.165) is 27.7 Å². The first-order chi connectivity index (χ1) is 15.1. The van der Waals surface area contributed by atoms with Crippen molar-refractivity contribution in [1.29, 1.82) is 0 Å². The Kier molecular flexibility index (Phi) is 7.55. The van der Waals surface area contributed by atoms with E-state index in [1.807, 2.05) is 12.1 Å². The third-order valence-electron chi connectivity index (χ3n) is 5.25. The number of nitrogens with zero attached hydrogens (tertiary/aromatic N) is 1. The zero-order chi connectivity index (χ0) is 23.5. The van der Waals surface area contributed by atoms with E-state index in [4.69, 9.17) is 9.73 Å². The normalized spacial score (nSPS) is 12.6. The molecule has 0 aliphatic carbocycles. The number of benzene rings is 3. The SMILES string of the molecule is CSC(=Nc1c(C(C)C)cc(Oc2cccc3ccccc23)cc1C(C)C)NC(C)(C)C. The monoisotopic (exact) mass is 448 g/mol. The van der Waals surface area contributed by atoms with Gasteiger partial charge in [0.25, 0.3) is 0 Å². The minimum absolute atomic E-state index is 0.0464. The highest BCUT2D eigenvalue weighted by Gasteiger charge is 2.19. The second kappa shape index (κ2) is 9.99. The van der Waals surface area contributed by atoms with E-state index in [2.05, 4.69) is 103 Å². The van der Waals surface area contributed by atoms with E-state index in [1.165, 1.54) is 16.5 Å². The van der Waals surface area contributed by atoms with E-state index in [0.29, 0.717) is 11.8 Å². The fraction of sp³-hybridized carbons (Fsp3) is 0.393. The van der Waals surface area contributed by atoms with Gasteiger partial charge in [0.2, 0.25) is 0 Å². The summed E-state index contributed by atoms with van der Waals surface area (Å²) >= 11 is 1.65. The second-order valence-electron chi connectivity index (χ2n) is 9.84. The molecule has 3 aromatic rings. The van der Waals surface area contributed by atoms with Crippen LogP contribution in [0.4, 0.5) is 5.69 Å². The van der Waals surface area contributed by atoms with E-state index in [9.17, 15) is 0 Å². The molecule has 0 aliphatic rings. The standard InChI is InChI=1S/C28H36N2OS/c1-18(2)23-16-21(31-25-15-11-13-20-12-9-10-14-22(20)25)17-24(19(3)4)26(23)29-27(32-8)30-28(5,6)7/h9-19H,1-8H3,(H,29,30). The van der Waals surface area contributed by atoms with Crippen LogP contribution in [0, 0.1) is 0 Å². The lowest BCUT2D eigenvalue weighted by molar-refractivity contribution is 0.486. The maximum absolute atomic E-state index is 6.47. The van der Waals surface area contributed by atoms with Gasteiger partial charge in [0.1, 0.15) is 11.5 Å². The van der Waals surface area contributed by atoms with Crippen molar-refractivity contribution in [2.75, 3.05) is 6.26 Å². The second-order valence-corrected chi connectivity index (χ2v) is 10.6. The fourth-order valence-electron chi connectivity index (χ4n) is 3.68. The summed E-state index contributed by atoms with van der Waals surface area (Å²) < 4.78 is 6.47. The number of hydrogen-bond donors (Lipinski definition) is 1. The van der Waals surface area contributed by atoms with Gasteiger partial charge in [-0.25, -0.2) is 4.99 Å². The summed E-state index contributed by atoms with van der Waals surface area (Å²) in [5.41, 5.74) is 3.42. The van der Waals surface area contributed by atoms with Crippen LogP contribution in [0.25, 0.3) is 10.8 Å². The summed E-state index contributed by atoms with van der Waals surface area (Å²) in [6.45, 7) is 15.4. The van der Waals surface area contributed by atoms with Crippen molar-refractivity contribution in [3.63, 3.8) is 0 Å². The predicted octanol–water partition coefficient (Wildman–Crippen LogP) is 8.62. The molecule has 3 nitrogen and oxygen atoms in total. The predicted molar refractivity (Wildman–Crippen MR) is 142 cm³/mol. The Morgan fingerprint density at radius 3 is 2.06 bits per heavy atom. The lowest BCUT2D eigenvalue weighted by Crippen LogP contribution is -2.39. The number of rotatable bonds is 5. The van der Waals surface area contributed by atoms with Crippen molar-refractivity contribution >= 4 is 33.4 Å². The molecule has 1 N–H and O–H groups in total. The van der Waals surface area contributed by atoms with E-state index in [1.54, 1.807) is 11.8 Å². The summed E-state index contributed by atoms with van der Waals surface area (Å²) in [4.78, 5) is 5.12. The number of nitrogens with one attached hydrogen (secondary N) is 1. The Bertz CT molecular complexity index is 1080. The van der Waals surface area contributed by atoms with Crippen LogP contribution in [-0.4, -0.2) is 17.0 Å². The van der Waals surface area contributed by atoms with Crippen molar-refractivity contribution in [1.82, 2.24) is 5.32 Å². The molecular formula is C28H36N2OS. The quantitative estimate of drug-likeness (QED) is 0.313. The van der Waals surface area contributed by atoms with Gasteiger partial charge in [-0.1, -0.05) is 75.9 Å². The van der Waals surface area contributed by atoms with Crippen molar-refractivity contribution < 1.29 is 4.74 Å². The molecule has 32 heavy (non-hydrogen) atoms. The molecule has 0 bridgehead atoms. The Morgan fingerprint density at radius 2 is 1.50 bits per heavy atom. The Labute approximate surface area is 197 Å². The van der Waals surface area contributed by atoms with Gasteiger partial charge in [0.15, 0.2) is 5.17 Å². The number of amidine groups is 1. The Balaban J connectivity index is 2.12. The summed E-state index contributed by atoms with van der Waals surface area (Å²) in [5.74, 6) is 2.38. The van der Waals surface area contributed by atoms with Crippen molar-refractivity contribution in [3.05, 3.63) is 65.7 Å². The summed E-state index contributed by atoms with van der Waals surface area (Å²) in [6.07, 6.45) is 2.07. The maximum atomic E-state index is 6.47. The molecule has 0 aromatic heterocycles. The Hall–Kier alpha value is -2.46. The lowest BCUT2D eigenvalue weighted by Gasteiger charge is -2.24. The van der Waals surface area contributed by atoms with Gasteiger partial charge in [-0.2, -0.15) is 0 Å². The highest BCUT2D eigenvalue weighted by Crippen LogP contribution is 2.41. The van der Waals surface area contributed by atoms with Gasteiger partial charge in [-0.05, 0) is 73.6 Å².